The van der Waals surface area contributed by atoms with E-state index in [4.69, 9.17) is 9.47 Å². The van der Waals surface area contributed by atoms with Gasteiger partial charge in [-0.1, -0.05) is 12.1 Å². The SMILES string of the molecule is COc1cccc(-c2cc(C(=O)N(CCCN3CCCC3)C3CCOCC3)[nH]n2)c1. The number of carbonyl (C=O) groups is 1. The van der Waals surface area contributed by atoms with E-state index in [1.165, 1.54) is 25.9 Å². The fourth-order valence-electron chi connectivity index (χ4n) is 4.43. The lowest BCUT2D eigenvalue weighted by Crippen LogP contribution is -2.44. The second-order valence-corrected chi connectivity index (χ2v) is 8.14. The maximum absolute atomic E-state index is 13.4. The number of ether oxygens (including phenoxy) is 2. The van der Waals surface area contributed by atoms with Gasteiger partial charge in [-0.05, 0) is 69.9 Å². The first-order valence-electron chi connectivity index (χ1n) is 11.1. The number of rotatable bonds is 8. The summed E-state index contributed by atoms with van der Waals surface area (Å²) in [6.07, 6.45) is 5.38. The predicted octanol–water partition coefficient (Wildman–Crippen LogP) is 3.19. The molecule has 4 rings (SSSR count). The van der Waals surface area contributed by atoms with Crippen molar-refractivity contribution in [3.8, 4) is 17.0 Å². The lowest BCUT2D eigenvalue weighted by Gasteiger charge is -2.34. The molecule has 2 aliphatic rings. The fourth-order valence-corrected chi connectivity index (χ4v) is 4.43. The molecule has 2 saturated heterocycles. The van der Waals surface area contributed by atoms with Gasteiger partial charge in [-0.3, -0.25) is 9.89 Å². The van der Waals surface area contributed by atoms with Gasteiger partial charge in [0, 0.05) is 31.4 Å². The summed E-state index contributed by atoms with van der Waals surface area (Å²) in [5.41, 5.74) is 2.22. The standard InChI is InChI=1S/C23H32N4O3/c1-29-20-7-4-6-18(16-20)21-17-22(25-24-21)23(28)27(19-8-14-30-15-9-19)13-5-12-26-10-2-3-11-26/h4,6-7,16-17,19H,2-3,5,8-15H2,1H3,(H,24,25). The molecule has 0 radical (unpaired) electrons. The minimum Gasteiger partial charge on any atom is -0.497 e. The first-order valence-corrected chi connectivity index (χ1v) is 11.1. The van der Waals surface area contributed by atoms with Gasteiger partial charge >= 0.3 is 0 Å². The van der Waals surface area contributed by atoms with Crippen molar-refractivity contribution < 1.29 is 14.3 Å². The van der Waals surface area contributed by atoms with Gasteiger partial charge in [0.1, 0.15) is 11.4 Å². The smallest absolute Gasteiger partial charge is 0.272 e. The van der Waals surface area contributed by atoms with Gasteiger partial charge in [-0.15, -0.1) is 0 Å². The van der Waals surface area contributed by atoms with Gasteiger partial charge in [0.25, 0.3) is 5.91 Å². The minimum absolute atomic E-state index is 0.0324. The van der Waals surface area contributed by atoms with Crippen molar-refractivity contribution in [3.05, 3.63) is 36.0 Å². The fraction of sp³-hybridized carbons (Fsp3) is 0.565. The third-order valence-electron chi connectivity index (χ3n) is 6.14. The number of H-pyrrole nitrogens is 1. The van der Waals surface area contributed by atoms with E-state index in [0.29, 0.717) is 5.69 Å². The van der Waals surface area contributed by atoms with Crippen LogP contribution in [0.2, 0.25) is 0 Å². The van der Waals surface area contributed by atoms with Crippen molar-refractivity contribution in [2.75, 3.05) is 46.5 Å². The van der Waals surface area contributed by atoms with Crippen molar-refractivity contribution in [1.29, 1.82) is 0 Å². The number of carbonyl (C=O) groups excluding carboxylic acids is 1. The Kier molecular flexibility index (Phi) is 7.02. The average Bonchev–Trinajstić information content (AvgIpc) is 3.49. The first-order chi connectivity index (χ1) is 14.7. The third kappa shape index (κ3) is 5.02. The zero-order valence-electron chi connectivity index (χ0n) is 17.8. The highest BCUT2D eigenvalue weighted by Gasteiger charge is 2.28. The van der Waals surface area contributed by atoms with Crippen LogP contribution in [0, 0.1) is 0 Å². The lowest BCUT2D eigenvalue weighted by molar-refractivity contribution is 0.0278. The molecule has 2 aliphatic heterocycles. The van der Waals surface area contributed by atoms with E-state index < -0.39 is 0 Å². The number of hydrogen-bond donors (Lipinski definition) is 1. The maximum atomic E-state index is 13.4. The van der Waals surface area contributed by atoms with Gasteiger partial charge in [-0.2, -0.15) is 5.10 Å². The zero-order chi connectivity index (χ0) is 20.8. The number of likely N-dealkylation sites (tertiary alicyclic amines) is 1. The Hall–Kier alpha value is -2.38. The molecule has 0 atom stereocenters. The van der Waals surface area contributed by atoms with Crippen LogP contribution in [-0.4, -0.2) is 78.4 Å². The molecule has 0 saturated carbocycles. The number of nitrogens with one attached hydrogen (secondary N) is 1. The molecule has 3 heterocycles. The van der Waals surface area contributed by atoms with Crippen molar-refractivity contribution in [2.45, 2.75) is 38.1 Å². The molecule has 7 nitrogen and oxygen atoms in total. The van der Waals surface area contributed by atoms with Crippen LogP contribution < -0.4 is 4.74 Å². The number of nitrogens with zero attached hydrogens (tertiary/aromatic N) is 3. The highest BCUT2D eigenvalue weighted by molar-refractivity contribution is 5.93. The molecule has 0 unspecified atom stereocenters. The van der Waals surface area contributed by atoms with Crippen LogP contribution in [0.4, 0.5) is 0 Å². The molecule has 30 heavy (non-hydrogen) atoms. The molecule has 0 bridgehead atoms. The second kappa shape index (κ2) is 10.1. The molecule has 7 heteroatoms. The zero-order valence-corrected chi connectivity index (χ0v) is 17.8. The Balaban J connectivity index is 1.46. The molecular weight excluding hydrogens is 380 g/mol. The molecule has 1 aromatic heterocycles. The van der Waals surface area contributed by atoms with Gasteiger partial charge in [-0.25, -0.2) is 0 Å². The highest BCUT2D eigenvalue weighted by Crippen LogP contribution is 2.24. The van der Waals surface area contributed by atoms with E-state index in [0.717, 1.165) is 62.6 Å². The number of aromatic amines is 1. The summed E-state index contributed by atoms with van der Waals surface area (Å²) in [7, 11) is 1.65. The molecule has 2 fully saturated rings. The Morgan fingerprint density at radius 3 is 2.83 bits per heavy atom. The van der Waals surface area contributed by atoms with E-state index in [1.54, 1.807) is 7.11 Å². The molecule has 162 valence electrons. The minimum atomic E-state index is 0.0324. The van der Waals surface area contributed by atoms with Crippen LogP contribution in [-0.2, 0) is 4.74 Å². The van der Waals surface area contributed by atoms with Gasteiger partial charge in [0.15, 0.2) is 0 Å². The number of hydrogen-bond acceptors (Lipinski definition) is 5. The largest absolute Gasteiger partial charge is 0.497 e. The topological polar surface area (TPSA) is 70.7 Å². The van der Waals surface area contributed by atoms with E-state index in [-0.39, 0.29) is 11.9 Å². The number of methoxy groups -OCH3 is 1. The summed E-state index contributed by atoms with van der Waals surface area (Å²) in [6.45, 7) is 5.65. The van der Waals surface area contributed by atoms with E-state index in [1.807, 2.05) is 35.2 Å². The summed E-state index contributed by atoms with van der Waals surface area (Å²) in [5.74, 6) is 0.805. The van der Waals surface area contributed by atoms with Crippen LogP contribution in [0.25, 0.3) is 11.3 Å². The maximum Gasteiger partial charge on any atom is 0.272 e. The van der Waals surface area contributed by atoms with E-state index >= 15 is 0 Å². The first kappa shape index (κ1) is 20.9. The Morgan fingerprint density at radius 1 is 1.27 bits per heavy atom. The quantitative estimate of drug-likeness (QED) is 0.721. The van der Waals surface area contributed by atoms with Crippen LogP contribution in [0.5, 0.6) is 5.75 Å². The highest BCUT2D eigenvalue weighted by atomic mass is 16.5. The van der Waals surface area contributed by atoms with Gasteiger partial charge < -0.3 is 19.3 Å². The van der Waals surface area contributed by atoms with Gasteiger partial charge in [0.05, 0.1) is 12.8 Å². The van der Waals surface area contributed by atoms with Crippen molar-refractivity contribution >= 4 is 5.91 Å². The second-order valence-electron chi connectivity index (χ2n) is 8.14. The summed E-state index contributed by atoms with van der Waals surface area (Å²) in [4.78, 5) is 18.0. The summed E-state index contributed by atoms with van der Waals surface area (Å²) < 4.78 is 10.8. The Labute approximate surface area is 178 Å². The number of aromatic nitrogens is 2. The Bertz CT molecular complexity index is 825. The van der Waals surface area contributed by atoms with E-state index in [2.05, 4.69) is 15.1 Å². The average molecular weight is 413 g/mol. The molecule has 2 aromatic rings. The molecule has 1 amide bonds. The molecule has 1 aromatic carbocycles. The molecular formula is C23H32N4O3. The summed E-state index contributed by atoms with van der Waals surface area (Å²) >= 11 is 0. The third-order valence-corrected chi connectivity index (χ3v) is 6.14. The van der Waals surface area contributed by atoms with Crippen LogP contribution >= 0.6 is 0 Å². The molecule has 0 aliphatic carbocycles. The monoisotopic (exact) mass is 412 g/mol. The van der Waals surface area contributed by atoms with E-state index in [9.17, 15) is 4.79 Å². The van der Waals surface area contributed by atoms with Crippen LogP contribution in [0.15, 0.2) is 30.3 Å². The van der Waals surface area contributed by atoms with Crippen molar-refractivity contribution in [3.63, 3.8) is 0 Å². The number of amides is 1. The molecule has 1 N–H and O–H groups in total. The van der Waals surface area contributed by atoms with Crippen LogP contribution in [0.3, 0.4) is 0 Å². The Morgan fingerprint density at radius 2 is 2.07 bits per heavy atom. The van der Waals surface area contributed by atoms with Gasteiger partial charge in [0.2, 0.25) is 0 Å². The summed E-state index contributed by atoms with van der Waals surface area (Å²) in [6, 6.07) is 9.81. The normalized spacial score (nSPS) is 17.9. The van der Waals surface area contributed by atoms with Crippen molar-refractivity contribution in [2.24, 2.45) is 0 Å². The summed E-state index contributed by atoms with van der Waals surface area (Å²) in [5, 5.41) is 7.36. The molecule has 0 spiro atoms. The van der Waals surface area contributed by atoms with Crippen LogP contribution in [0.1, 0.15) is 42.6 Å². The lowest BCUT2D eigenvalue weighted by atomic mass is 10.1. The predicted molar refractivity (Wildman–Crippen MR) is 116 cm³/mol. The number of benzene rings is 1. The van der Waals surface area contributed by atoms with Crippen molar-refractivity contribution in [1.82, 2.24) is 20.0 Å².